The number of nitrogens with zero attached hydrogens (tertiary/aromatic N) is 1. The highest BCUT2D eigenvalue weighted by Crippen LogP contribution is 2.19. The second-order valence-electron chi connectivity index (χ2n) is 3.45. The van der Waals surface area contributed by atoms with Crippen molar-refractivity contribution in [1.29, 1.82) is 0 Å². The number of amides is 1. The molecule has 92 valence electrons. The first-order valence-corrected chi connectivity index (χ1v) is 4.98. The summed E-state index contributed by atoms with van der Waals surface area (Å²) in [7, 11) is 0. The third-order valence-electron chi connectivity index (χ3n) is 2.19. The lowest BCUT2D eigenvalue weighted by Gasteiger charge is -2.06. The lowest BCUT2D eigenvalue weighted by Crippen LogP contribution is -2.14. The first-order chi connectivity index (χ1) is 8.58. The number of nitrogens with one attached hydrogen (secondary N) is 1. The summed E-state index contributed by atoms with van der Waals surface area (Å²) in [6, 6.07) is 5.39. The Morgan fingerprint density at radius 1 is 1.28 bits per heavy atom. The van der Waals surface area contributed by atoms with E-state index in [1.54, 1.807) is 0 Å². The lowest BCUT2D eigenvalue weighted by molar-refractivity contribution is 0.102. The zero-order chi connectivity index (χ0) is 13.1. The summed E-state index contributed by atoms with van der Waals surface area (Å²) in [5, 5.41) is 11.6. The normalized spacial score (nSPS) is 10.1. The molecule has 0 spiro atoms. The minimum Gasteiger partial charge on any atom is -0.504 e. The van der Waals surface area contributed by atoms with E-state index in [1.807, 2.05) is 0 Å². The Bertz CT molecular complexity index is 602. The summed E-state index contributed by atoms with van der Waals surface area (Å²) < 4.78 is 26.0. The van der Waals surface area contributed by atoms with E-state index < -0.39 is 17.5 Å². The molecule has 0 bridgehead atoms. The van der Waals surface area contributed by atoms with E-state index in [0.717, 1.165) is 12.1 Å². The molecular weight excluding hydrogens is 242 g/mol. The molecule has 0 atom stereocenters. The quantitative estimate of drug-likeness (QED) is 0.859. The molecule has 4 nitrogen and oxygen atoms in total. The van der Waals surface area contributed by atoms with Gasteiger partial charge in [0.15, 0.2) is 11.6 Å². The summed E-state index contributed by atoms with van der Waals surface area (Å²) >= 11 is 0. The topological polar surface area (TPSA) is 62.2 Å². The Hall–Kier alpha value is -2.50. The van der Waals surface area contributed by atoms with Crippen LogP contribution in [0.3, 0.4) is 0 Å². The zero-order valence-electron chi connectivity index (χ0n) is 9.02. The standard InChI is InChI=1S/C12H8F2N2O2/c13-7-3-4-8(9(14)6-7)12(18)16-11-10(17)2-1-5-15-11/h1-6,17H,(H,15,16,18). The third-order valence-corrected chi connectivity index (χ3v) is 2.19. The van der Waals surface area contributed by atoms with Crippen molar-refractivity contribution in [2.45, 2.75) is 0 Å². The van der Waals surface area contributed by atoms with Gasteiger partial charge in [-0.2, -0.15) is 0 Å². The van der Waals surface area contributed by atoms with Crippen molar-refractivity contribution in [3.8, 4) is 5.75 Å². The van der Waals surface area contributed by atoms with Gasteiger partial charge in [-0.15, -0.1) is 0 Å². The molecule has 0 radical (unpaired) electrons. The van der Waals surface area contributed by atoms with Gasteiger partial charge in [0.25, 0.3) is 5.91 Å². The van der Waals surface area contributed by atoms with Gasteiger partial charge >= 0.3 is 0 Å². The van der Waals surface area contributed by atoms with Crippen LogP contribution in [0.25, 0.3) is 0 Å². The van der Waals surface area contributed by atoms with Crippen molar-refractivity contribution in [1.82, 2.24) is 4.98 Å². The second-order valence-corrected chi connectivity index (χ2v) is 3.45. The maximum atomic E-state index is 13.3. The van der Waals surface area contributed by atoms with Crippen molar-refractivity contribution < 1.29 is 18.7 Å². The molecule has 6 heteroatoms. The molecule has 0 unspecified atom stereocenters. The van der Waals surface area contributed by atoms with Crippen molar-refractivity contribution in [3.05, 3.63) is 53.7 Å². The SMILES string of the molecule is O=C(Nc1ncccc1O)c1ccc(F)cc1F. The predicted octanol–water partition coefficient (Wildman–Crippen LogP) is 2.32. The fourth-order valence-electron chi connectivity index (χ4n) is 1.34. The van der Waals surface area contributed by atoms with Crippen LogP contribution in [0, 0.1) is 11.6 Å². The van der Waals surface area contributed by atoms with Crippen LogP contribution >= 0.6 is 0 Å². The highest BCUT2D eigenvalue weighted by atomic mass is 19.1. The maximum Gasteiger partial charge on any atom is 0.259 e. The van der Waals surface area contributed by atoms with E-state index in [1.165, 1.54) is 18.3 Å². The monoisotopic (exact) mass is 250 g/mol. The van der Waals surface area contributed by atoms with Crippen LogP contribution in [0.2, 0.25) is 0 Å². The number of benzene rings is 1. The van der Waals surface area contributed by atoms with Crippen LogP contribution < -0.4 is 5.32 Å². The Kier molecular flexibility index (Phi) is 3.18. The molecule has 1 heterocycles. The minimum atomic E-state index is -0.983. The average molecular weight is 250 g/mol. The van der Waals surface area contributed by atoms with Gasteiger partial charge in [-0.25, -0.2) is 13.8 Å². The Morgan fingerprint density at radius 3 is 2.72 bits per heavy atom. The smallest absolute Gasteiger partial charge is 0.259 e. The van der Waals surface area contributed by atoms with Crippen LogP contribution in [0.15, 0.2) is 36.5 Å². The minimum absolute atomic E-state index is 0.0915. The van der Waals surface area contributed by atoms with E-state index in [0.29, 0.717) is 6.07 Å². The molecule has 1 aromatic carbocycles. The van der Waals surface area contributed by atoms with Gasteiger partial charge in [0, 0.05) is 12.3 Å². The fraction of sp³-hybridized carbons (Fsp3) is 0. The summed E-state index contributed by atoms with van der Waals surface area (Å²) in [6.45, 7) is 0. The molecule has 1 aromatic heterocycles. The molecule has 0 saturated carbocycles. The van der Waals surface area contributed by atoms with Crippen molar-refractivity contribution in [2.24, 2.45) is 0 Å². The summed E-state index contributed by atoms with van der Waals surface area (Å²) in [5.74, 6) is -2.91. The number of carbonyl (C=O) groups is 1. The number of aromatic hydroxyl groups is 1. The summed E-state index contributed by atoms with van der Waals surface area (Å²) in [6.07, 6.45) is 1.36. The number of hydrogen-bond donors (Lipinski definition) is 2. The van der Waals surface area contributed by atoms with Crippen LogP contribution in [-0.2, 0) is 0 Å². The Morgan fingerprint density at radius 2 is 2.06 bits per heavy atom. The van der Waals surface area contributed by atoms with E-state index in [-0.39, 0.29) is 17.1 Å². The number of anilines is 1. The third kappa shape index (κ3) is 2.42. The molecule has 0 aliphatic carbocycles. The molecule has 0 aliphatic heterocycles. The summed E-state index contributed by atoms with van der Waals surface area (Å²) in [4.78, 5) is 15.4. The molecule has 0 aliphatic rings. The van der Waals surface area contributed by atoms with Gasteiger partial charge in [0.1, 0.15) is 11.6 Å². The van der Waals surface area contributed by atoms with Gasteiger partial charge in [0.2, 0.25) is 0 Å². The van der Waals surface area contributed by atoms with Crippen LogP contribution in [0.1, 0.15) is 10.4 Å². The fourth-order valence-corrected chi connectivity index (χ4v) is 1.34. The van der Waals surface area contributed by atoms with Gasteiger partial charge in [0.05, 0.1) is 5.56 Å². The van der Waals surface area contributed by atoms with E-state index >= 15 is 0 Å². The Balaban J connectivity index is 2.25. The average Bonchev–Trinajstić information content (AvgIpc) is 2.32. The van der Waals surface area contributed by atoms with Gasteiger partial charge < -0.3 is 10.4 Å². The molecule has 0 saturated heterocycles. The molecule has 1 amide bonds. The largest absolute Gasteiger partial charge is 0.504 e. The van der Waals surface area contributed by atoms with E-state index in [4.69, 9.17) is 0 Å². The molecule has 0 fully saturated rings. The molecule has 2 aromatic rings. The molecule has 2 rings (SSSR count). The molecule has 18 heavy (non-hydrogen) atoms. The van der Waals surface area contributed by atoms with Crippen molar-refractivity contribution in [3.63, 3.8) is 0 Å². The maximum absolute atomic E-state index is 13.3. The number of aromatic nitrogens is 1. The first kappa shape index (κ1) is 12.0. The van der Waals surface area contributed by atoms with Crippen molar-refractivity contribution in [2.75, 3.05) is 5.32 Å². The predicted molar refractivity (Wildman–Crippen MR) is 60.2 cm³/mol. The van der Waals surface area contributed by atoms with Crippen LogP contribution in [0.4, 0.5) is 14.6 Å². The van der Waals surface area contributed by atoms with E-state index in [9.17, 15) is 18.7 Å². The number of rotatable bonds is 2. The number of halogens is 2. The molecular formula is C12H8F2N2O2. The van der Waals surface area contributed by atoms with Crippen molar-refractivity contribution >= 4 is 11.7 Å². The van der Waals surface area contributed by atoms with Crippen LogP contribution in [0.5, 0.6) is 5.75 Å². The molecule has 2 N–H and O–H groups in total. The highest BCUT2D eigenvalue weighted by Gasteiger charge is 2.14. The second kappa shape index (κ2) is 4.79. The number of hydrogen-bond acceptors (Lipinski definition) is 3. The van der Waals surface area contributed by atoms with Gasteiger partial charge in [-0.1, -0.05) is 0 Å². The highest BCUT2D eigenvalue weighted by molar-refractivity contribution is 6.04. The first-order valence-electron chi connectivity index (χ1n) is 4.98. The van der Waals surface area contributed by atoms with Gasteiger partial charge in [-0.3, -0.25) is 4.79 Å². The lowest BCUT2D eigenvalue weighted by atomic mass is 10.2. The zero-order valence-corrected chi connectivity index (χ0v) is 9.02. The number of pyridine rings is 1. The summed E-state index contributed by atoms with van der Waals surface area (Å²) in [5.41, 5.74) is -0.332. The Labute approximate surface area is 101 Å². The van der Waals surface area contributed by atoms with Crippen LogP contribution in [-0.4, -0.2) is 16.0 Å². The van der Waals surface area contributed by atoms with Gasteiger partial charge in [-0.05, 0) is 24.3 Å². The van der Waals surface area contributed by atoms with E-state index in [2.05, 4.69) is 10.3 Å². The number of carbonyl (C=O) groups excluding carboxylic acids is 1.